The van der Waals surface area contributed by atoms with Gasteiger partial charge >= 0.3 is 5.97 Å². The first-order chi connectivity index (χ1) is 9.83. The second kappa shape index (κ2) is 6.29. The van der Waals surface area contributed by atoms with Crippen molar-refractivity contribution in [1.82, 2.24) is 9.71 Å². The van der Waals surface area contributed by atoms with Gasteiger partial charge in [-0.05, 0) is 12.1 Å². The van der Waals surface area contributed by atoms with Crippen LogP contribution in [-0.2, 0) is 16.6 Å². The molecule has 0 aliphatic rings. The fraction of sp³-hybridized carbons (Fsp3) is 0.0909. The molecule has 0 unspecified atom stereocenters. The van der Waals surface area contributed by atoms with E-state index in [0.717, 1.165) is 6.07 Å². The Morgan fingerprint density at radius 1 is 1.38 bits per heavy atom. The van der Waals surface area contributed by atoms with Crippen molar-refractivity contribution in [3.8, 4) is 0 Å². The van der Waals surface area contributed by atoms with Crippen LogP contribution in [0.4, 0.5) is 0 Å². The first kappa shape index (κ1) is 16.2. The Morgan fingerprint density at radius 2 is 2.10 bits per heavy atom. The Bertz CT molecular complexity index is 776. The second-order valence-corrected chi connectivity index (χ2v) is 7.32. The van der Waals surface area contributed by atoms with Gasteiger partial charge < -0.3 is 5.11 Å². The average molecular weight is 367 g/mol. The van der Waals surface area contributed by atoms with Crippen LogP contribution < -0.4 is 4.72 Å². The van der Waals surface area contributed by atoms with E-state index in [2.05, 4.69) is 9.71 Å². The maximum Gasteiger partial charge on any atom is 0.338 e. The van der Waals surface area contributed by atoms with Crippen LogP contribution in [-0.4, -0.2) is 24.5 Å². The van der Waals surface area contributed by atoms with Crippen molar-refractivity contribution in [3.05, 3.63) is 44.3 Å². The molecule has 2 rings (SSSR count). The number of halogens is 2. The Morgan fingerprint density at radius 3 is 2.67 bits per heavy atom. The molecule has 10 heteroatoms. The summed E-state index contributed by atoms with van der Waals surface area (Å²) in [6.45, 7) is 0.0361. The van der Waals surface area contributed by atoms with Gasteiger partial charge in [0.05, 0.1) is 21.1 Å². The molecular formula is C11H8Cl2N2O4S2. The molecule has 0 saturated carbocycles. The third kappa shape index (κ3) is 3.53. The molecule has 0 radical (unpaired) electrons. The van der Waals surface area contributed by atoms with Gasteiger partial charge in [0.25, 0.3) is 0 Å². The number of carboxylic acid groups (broad SMARTS) is 1. The number of nitrogens with zero attached hydrogens (tertiary/aromatic N) is 1. The van der Waals surface area contributed by atoms with E-state index in [0.29, 0.717) is 4.88 Å². The number of carboxylic acids is 1. The number of benzene rings is 1. The van der Waals surface area contributed by atoms with E-state index in [1.165, 1.54) is 23.6 Å². The van der Waals surface area contributed by atoms with Crippen LogP contribution in [0.5, 0.6) is 0 Å². The number of sulfonamides is 1. The van der Waals surface area contributed by atoms with Gasteiger partial charge in [-0.15, -0.1) is 11.3 Å². The first-order valence-electron chi connectivity index (χ1n) is 5.41. The Kier molecular flexibility index (Phi) is 4.84. The SMILES string of the molecule is O=C(O)c1c(Cl)ccc(S(=O)(=O)NCc2cncs2)c1Cl. The van der Waals surface area contributed by atoms with E-state index in [1.807, 2.05) is 0 Å². The Balaban J connectivity index is 2.36. The van der Waals surface area contributed by atoms with E-state index in [4.69, 9.17) is 28.3 Å². The Hall–Kier alpha value is -1.19. The monoisotopic (exact) mass is 366 g/mol. The molecule has 21 heavy (non-hydrogen) atoms. The molecule has 112 valence electrons. The molecule has 2 aromatic rings. The quantitative estimate of drug-likeness (QED) is 0.847. The first-order valence-corrected chi connectivity index (χ1v) is 8.53. The molecule has 0 amide bonds. The fourth-order valence-corrected chi connectivity index (χ4v) is 4.06. The number of carbonyl (C=O) groups is 1. The summed E-state index contributed by atoms with van der Waals surface area (Å²) in [7, 11) is -3.96. The summed E-state index contributed by atoms with van der Waals surface area (Å²) >= 11 is 12.9. The predicted octanol–water partition coefficient (Wildman–Crippen LogP) is 2.63. The largest absolute Gasteiger partial charge is 0.478 e. The van der Waals surface area contributed by atoms with Crippen LogP contribution in [0.15, 0.2) is 28.7 Å². The van der Waals surface area contributed by atoms with Gasteiger partial charge in [-0.1, -0.05) is 23.2 Å². The number of hydrogen-bond donors (Lipinski definition) is 2. The van der Waals surface area contributed by atoms with Crippen molar-refractivity contribution >= 4 is 50.5 Å². The molecule has 1 aromatic heterocycles. The standard InChI is InChI=1S/C11H8Cl2N2O4S2/c12-7-1-2-8(10(13)9(7)11(16)17)21(18,19)15-4-6-3-14-5-20-6/h1-3,5,15H,4H2,(H,16,17). The predicted molar refractivity (Wildman–Crippen MR) is 79.6 cm³/mol. The highest BCUT2D eigenvalue weighted by atomic mass is 35.5. The van der Waals surface area contributed by atoms with Crippen molar-refractivity contribution in [2.24, 2.45) is 0 Å². The molecule has 0 spiro atoms. The summed E-state index contributed by atoms with van der Waals surface area (Å²) in [5.41, 5.74) is 1.13. The summed E-state index contributed by atoms with van der Waals surface area (Å²) in [4.78, 5) is 15.3. The molecule has 0 atom stereocenters. The van der Waals surface area contributed by atoms with Gasteiger partial charge in [-0.2, -0.15) is 0 Å². The van der Waals surface area contributed by atoms with Gasteiger partial charge in [0.1, 0.15) is 4.90 Å². The molecule has 0 fully saturated rings. The van der Waals surface area contributed by atoms with Crippen LogP contribution in [0.2, 0.25) is 10.0 Å². The highest BCUT2D eigenvalue weighted by Gasteiger charge is 2.24. The molecule has 2 N–H and O–H groups in total. The van der Waals surface area contributed by atoms with Crippen LogP contribution in [0.3, 0.4) is 0 Å². The normalized spacial score (nSPS) is 11.5. The molecule has 6 nitrogen and oxygen atoms in total. The number of nitrogens with one attached hydrogen (secondary N) is 1. The number of hydrogen-bond acceptors (Lipinski definition) is 5. The number of aromatic nitrogens is 1. The maximum absolute atomic E-state index is 12.2. The molecule has 0 aliphatic heterocycles. The van der Waals surface area contributed by atoms with E-state index < -0.39 is 26.6 Å². The van der Waals surface area contributed by atoms with E-state index in [-0.39, 0.29) is 16.5 Å². The Labute approximate surface area is 134 Å². The zero-order valence-electron chi connectivity index (χ0n) is 10.2. The van der Waals surface area contributed by atoms with Crippen molar-refractivity contribution in [1.29, 1.82) is 0 Å². The lowest BCUT2D eigenvalue weighted by molar-refractivity contribution is 0.0697. The molecule has 0 bridgehead atoms. The van der Waals surface area contributed by atoms with Crippen LogP contribution >= 0.6 is 34.5 Å². The van der Waals surface area contributed by atoms with Gasteiger partial charge in [-0.3, -0.25) is 4.98 Å². The third-order valence-electron chi connectivity index (χ3n) is 2.48. The van der Waals surface area contributed by atoms with Crippen LogP contribution in [0.1, 0.15) is 15.2 Å². The molecule has 1 heterocycles. The lowest BCUT2D eigenvalue weighted by Gasteiger charge is -2.10. The van der Waals surface area contributed by atoms with Crippen molar-refractivity contribution in [2.45, 2.75) is 11.4 Å². The maximum atomic E-state index is 12.2. The van der Waals surface area contributed by atoms with Crippen molar-refractivity contribution in [2.75, 3.05) is 0 Å². The molecule has 1 aromatic carbocycles. The third-order valence-corrected chi connectivity index (χ3v) is 5.52. The minimum absolute atomic E-state index is 0.0361. The lowest BCUT2D eigenvalue weighted by atomic mass is 10.2. The van der Waals surface area contributed by atoms with Gasteiger partial charge in [0.2, 0.25) is 10.0 Å². The summed E-state index contributed by atoms with van der Waals surface area (Å²) < 4.78 is 26.7. The fourth-order valence-electron chi connectivity index (χ4n) is 1.51. The van der Waals surface area contributed by atoms with E-state index in [9.17, 15) is 13.2 Å². The highest BCUT2D eigenvalue weighted by molar-refractivity contribution is 7.89. The highest BCUT2D eigenvalue weighted by Crippen LogP contribution is 2.31. The smallest absolute Gasteiger partial charge is 0.338 e. The average Bonchev–Trinajstić information content (AvgIpc) is 2.88. The van der Waals surface area contributed by atoms with E-state index in [1.54, 1.807) is 5.51 Å². The lowest BCUT2D eigenvalue weighted by Crippen LogP contribution is -2.23. The van der Waals surface area contributed by atoms with Gasteiger partial charge in [0, 0.05) is 17.6 Å². The topological polar surface area (TPSA) is 96.4 Å². The summed E-state index contributed by atoms with van der Waals surface area (Å²) in [5.74, 6) is -1.40. The molecule has 0 saturated heterocycles. The summed E-state index contributed by atoms with van der Waals surface area (Å²) in [6.07, 6.45) is 1.53. The molecule has 0 aliphatic carbocycles. The van der Waals surface area contributed by atoms with Gasteiger partial charge in [0.15, 0.2) is 0 Å². The van der Waals surface area contributed by atoms with Crippen LogP contribution in [0, 0.1) is 0 Å². The number of aromatic carboxylic acids is 1. The molecular weight excluding hydrogens is 359 g/mol. The zero-order valence-corrected chi connectivity index (χ0v) is 13.4. The van der Waals surface area contributed by atoms with Crippen LogP contribution in [0.25, 0.3) is 0 Å². The van der Waals surface area contributed by atoms with Crippen molar-refractivity contribution in [3.63, 3.8) is 0 Å². The minimum Gasteiger partial charge on any atom is -0.478 e. The van der Waals surface area contributed by atoms with E-state index >= 15 is 0 Å². The summed E-state index contributed by atoms with van der Waals surface area (Å²) in [6, 6.07) is 2.34. The summed E-state index contributed by atoms with van der Waals surface area (Å²) in [5, 5.41) is 8.47. The number of rotatable bonds is 5. The zero-order chi connectivity index (χ0) is 15.6. The van der Waals surface area contributed by atoms with Gasteiger partial charge in [-0.25, -0.2) is 17.9 Å². The van der Waals surface area contributed by atoms with Crippen molar-refractivity contribution < 1.29 is 18.3 Å². The minimum atomic E-state index is -3.96. The number of thiazole rings is 1. The second-order valence-electron chi connectivity index (χ2n) is 3.83.